The number of Topliss-reactive ketones (excluding diaryl/α,β-unsaturated/α-hetero) is 1. The van der Waals surface area contributed by atoms with Gasteiger partial charge in [-0.1, -0.05) is 13.0 Å². The summed E-state index contributed by atoms with van der Waals surface area (Å²) >= 11 is 0. The van der Waals surface area contributed by atoms with E-state index in [4.69, 9.17) is 4.74 Å². The molecule has 5 bridgehead atoms. The molecule has 0 N–H and O–H groups in total. The minimum Gasteiger partial charge on any atom is -0.465 e. The van der Waals surface area contributed by atoms with E-state index in [1.807, 2.05) is 49.7 Å². The van der Waals surface area contributed by atoms with Crippen LogP contribution < -0.4 is 4.74 Å². The lowest BCUT2D eigenvalue weighted by atomic mass is 9.98. The molecule has 0 aromatic heterocycles. The third kappa shape index (κ3) is 3.77. The zero-order chi connectivity index (χ0) is 22.1. The van der Waals surface area contributed by atoms with Crippen molar-refractivity contribution in [2.24, 2.45) is 20.9 Å². The molecule has 5 rings (SSSR count). The van der Waals surface area contributed by atoms with E-state index in [1.165, 1.54) is 0 Å². The number of nitriles is 1. The molecule has 0 spiro atoms. The Morgan fingerprint density at radius 1 is 1.22 bits per heavy atom. The molecular formula is C25H21N5O2. The molecule has 0 aliphatic carbocycles. The number of allylic oxidation sites excluding steroid dienone is 2. The van der Waals surface area contributed by atoms with Crippen LogP contribution >= 0.6 is 0 Å². The monoisotopic (exact) mass is 423 g/mol. The fourth-order valence-corrected chi connectivity index (χ4v) is 4.08. The third-order valence-electron chi connectivity index (χ3n) is 5.85. The second-order valence-electron chi connectivity index (χ2n) is 8.09. The van der Waals surface area contributed by atoms with Crippen molar-refractivity contribution in [3.63, 3.8) is 0 Å². The van der Waals surface area contributed by atoms with Crippen LogP contribution in [0, 0.1) is 17.2 Å². The summed E-state index contributed by atoms with van der Waals surface area (Å²) in [6, 6.07) is 9.84. The lowest BCUT2D eigenvalue weighted by Gasteiger charge is -2.22. The molecule has 0 amide bonds. The number of nitrogens with zero attached hydrogens (tertiary/aromatic N) is 5. The molecule has 1 unspecified atom stereocenters. The maximum atomic E-state index is 12.6. The predicted molar refractivity (Wildman–Crippen MR) is 126 cm³/mol. The number of carbonyl (C=O) groups excluding carboxylic acids is 1. The normalized spacial score (nSPS) is 22.6. The highest BCUT2D eigenvalue weighted by atomic mass is 16.5. The molecule has 2 aromatic carbocycles. The second kappa shape index (κ2) is 8.33. The van der Waals surface area contributed by atoms with Crippen LogP contribution in [-0.2, 0) is 4.79 Å². The van der Waals surface area contributed by atoms with Crippen molar-refractivity contribution in [1.82, 2.24) is 4.90 Å². The minimum absolute atomic E-state index is 0.0965. The Morgan fingerprint density at radius 2 is 2.12 bits per heavy atom. The van der Waals surface area contributed by atoms with Crippen LogP contribution in [0.25, 0.3) is 16.8 Å². The Balaban J connectivity index is 1.62. The summed E-state index contributed by atoms with van der Waals surface area (Å²) in [6.45, 7) is 3.06. The molecule has 0 saturated carbocycles. The van der Waals surface area contributed by atoms with Crippen molar-refractivity contribution >= 4 is 47.0 Å². The number of aliphatic imine (C=N–C) groups is 3. The largest absolute Gasteiger partial charge is 0.465 e. The van der Waals surface area contributed by atoms with E-state index in [0.29, 0.717) is 42.3 Å². The molecule has 3 aliphatic rings. The SMILES string of the molecule is C[C@@H]1CN2CN=CC2C=NC2=Cc3cc4ccc(cc4c(c3C#N)N=C2)OC=CCC1=O. The molecular weight excluding hydrogens is 402 g/mol. The van der Waals surface area contributed by atoms with Crippen molar-refractivity contribution in [2.75, 3.05) is 13.2 Å². The fraction of sp³-hybridized carbons (Fsp3) is 0.240. The molecule has 32 heavy (non-hydrogen) atoms. The van der Waals surface area contributed by atoms with Crippen LogP contribution in [0.2, 0.25) is 0 Å². The predicted octanol–water partition coefficient (Wildman–Crippen LogP) is 4.05. The topological polar surface area (TPSA) is 90.4 Å². The van der Waals surface area contributed by atoms with Crippen LogP contribution in [-0.4, -0.2) is 48.6 Å². The smallest absolute Gasteiger partial charge is 0.140 e. The van der Waals surface area contributed by atoms with Crippen LogP contribution in [0.4, 0.5) is 5.69 Å². The van der Waals surface area contributed by atoms with Gasteiger partial charge in [0.1, 0.15) is 17.6 Å². The van der Waals surface area contributed by atoms with Crippen molar-refractivity contribution in [2.45, 2.75) is 19.4 Å². The van der Waals surface area contributed by atoms with Crippen LogP contribution in [0.5, 0.6) is 5.75 Å². The summed E-state index contributed by atoms with van der Waals surface area (Å²) < 4.78 is 5.75. The summed E-state index contributed by atoms with van der Waals surface area (Å²) in [4.78, 5) is 28.3. The van der Waals surface area contributed by atoms with Gasteiger partial charge in [-0.2, -0.15) is 5.26 Å². The lowest BCUT2D eigenvalue weighted by Crippen LogP contribution is -2.38. The fourth-order valence-electron chi connectivity index (χ4n) is 4.08. The van der Waals surface area contributed by atoms with E-state index in [9.17, 15) is 10.1 Å². The first-order chi connectivity index (χ1) is 15.6. The summed E-state index contributed by atoms with van der Waals surface area (Å²) in [6.07, 6.45) is 10.8. The van der Waals surface area contributed by atoms with Gasteiger partial charge in [0.15, 0.2) is 0 Å². The van der Waals surface area contributed by atoms with E-state index in [0.717, 1.165) is 16.3 Å². The Hall–Kier alpha value is -3.89. The summed E-state index contributed by atoms with van der Waals surface area (Å²) in [5.74, 6) is 0.624. The maximum Gasteiger partial charge on any atom is 0.140 e. The van der Waals surface area contributed by atoms with E-state index in [2.05, 4.69) is 25.9 Å². The van der Waals surface area contributed by atoms with Gasteiger partial charge in [-0.05, 0) is 41.3 Å². The second-order valence-corrected chi connectivity index (χ2v) is 8.09. The highest BCUT2D eigenvalue weighted by Crippen LogP contribution is 2.37. The molecule has 2 aromatic rings. The van der Waals surface area contributed by atoms with E-state index >= 15 is 0 Å². The van der Waals surface area contributed by atoms with Crippen LogP contribution in [0.15, 0.2) is 57.3 Å². The van der Waals surface area contributed by atoms with Gasteiger partial charge in [0, 0.05) is 36.7 Å². The number of hydrogen-bond donors (Lipinski definition) is 0. The zero-order valence-corrected chi connectivity index (χ0v) is 17.6. The molecule has 0 radical (unpaired) electrons. The number of hydrogen-bond acceptors (Lipinski definition) is 7. The average Bonchev–Trinajstić information content (AvgIpc) is 3.18. The first-order valence-electron chi connectivity index (χ1n) is 10.5. The highest BCUT2D eigenvalue weighted by molar-refractivity contribution is 6.04. The number of rotatable bonds is 0. The van der Waals surface area contributed by atoms with Gasteiger partial charge >= 0.3 is 0 Å². The van der Waals surface area contributed by atoms with Gasteiger partial charge < -0.3 is 4.74 Å². The van der Waals surface area contributed by atoms with Crippen LogP contribution in [0.3, 0.4) is 0 Å². The Labute approximate surface area is 185 Å². The Kier molecular flexibility index (Phi) is 5.21. The first kappa shape index (κ1) is 20.0. The van der Waals surface area contributed by atoms with Gasteiger partial charge in [-0.25, -0.2) is 0 Å². The number of ketones is 1. The van der Waals surface area contributed by atoms with Gasteiger partial charge in [0.05, 0.1) is 42.1 Å². The molecule has 7 heteroatoms. The summed E-state index contributed by atoms with van der Waals surface area (Å²) in [7, 11) is 0. The van der Waals surface area contributed by atoms with Gasteiger partial charge in [0.25, 0.3) is 0 Å². The number of benzene rings is 2. The van der Waals surface area contributed by atoms with Crippen molar-refractivity contribution in [1.29, 1.82) is 5.26 Å². The molecule has 0 saturated heterocycles. The van der Waals surface area contributed by atoms with Gasteiger partial charge in [0.2, 0.25) is 0 Å². The molecule has 2 atom stereocenters. The summed E-state index contributed by atoms with van der Waals surface area (Å²) in [5.41, 5.74) is 2.54. The molecule has 0 fully saturated rings. The van der Waals surface area contributed by atoms with E-state index in [1.54, 1.807) is 18.6 Å². The number of ether oxygens (including phenoxy) is 1. The number of fused-ring (bicyclic) bond motifs is 4. The Bertz CT molecular complexity index is 1300. The van der Waals surface area contributed by atoms with Crippen molar-refractivity contribution in [3.05, 3.63) is 53.4 Å². The highest BCUT2D eigenvalue weighted by Gasteiger charge is 2.24. The lowest BCUT2D eigenvalue weighted by molar-refractivity contribution is -0.122. The first-order valence-corrected chi connectivity index (χ1v) is 10.5. The third-order valence-corrected chi connectivity index (χ3v) is 5.85. The zero-order valence-electron chi connectivity index (χ0n) is 17.6. The van der Waals surface area contributed by atoms with E-state index < -0.39 is 0 Å². The van der Waals surface area contributed by atoms with Crippen molar-refractivity contribution in [3.8, 4) is 11.8 Å². The quantitative estimate of drug-likeness (QED) is 0.639. The molecule has 158 valence electrons. The summed E-state index contributed by atoms with van der Waals surface area (Å²) in [5, 5.41) is 11.6. The standard InChI is InChI=1S/C25H21N5O2/c1-16-14-30-15-27-12-20(30)13-28-19-8-18-7-17-4-5-21(32-6-2-3-24(16)31)9-22(17)25(29-11-19)23(18)10-26/h2,4-9,11-13,16,20H,3,14-15H2,1H3/t16-,20?/m1/s1. The molecule has 3 heterocycles. The maximum absolute atomic E-state index is 12.6. The Morgan fingerprint density at radius 3 is 3.00 bits per heavy atom. The molecule has 7 nitrogen and oxygen atoms in total. The minimum atomic E-state index is -0.137. The van der Waals surface area contributed by atoms with Gasteiger partial charge in [-0.15, -0.1) is 0 Å². The van der Waals surface area contributed by atoms with Gasteiger partial charge in [-0.3, -0.25) is 24.7 Å². The number of carbonyl (C=O) groups is 1. The van der Waals surface area contributed by atoms with E-state index in [-0.39, 0.29) is 17.7 Å². The molecule has 3 aliphatic heterocycles. The average molecular weight is 423 g/mol. The van der Waals surface area contributed by atoms with Crippen molar-refractivity contribution < 1.29 is 9.53 Å². The van der Waals surface area contributed by atoms with Crippen LogP contribution in [0.1, 0.15) is 24.5 Å².